The van der Waals surface area contributed by atoms with Gasteiger partial charge in [0.2, 0.25) is 0 Å². The van der Waals surface area contributed by atoms with Crippen molar-refractivity contribution < 1.29 is 9.13 Å². The van der Waals surface area contributed by atoms with Crippen LogP contribution in [-0.2, 0) is 5.75 Å². The second-order valence-corrected chi connectivity index (χ2v) is 5.65. The van der Waals surface area contributed by atoms with Crippen molar-refractivity contribution in [2.24, 2.45) is 5.73 Å². The van der Waals surface area contributed by atoms with Crippen LogP contribution in [0.1, 0.15) is 24.1 Å². The Bertz CT molecular complexity index is 569. The van der Waals surface area contributed by atoms with Crippen molar-refractivity contribution in [3.63, 3.8) is 0 Å². The molecule has 0 amide bonds. The molecule has 0 spiro atoms. The largest absolute Gasteiger partial charge is 0.497 e. The maximum Gasteiger partial charge on any atom is 0.130 e. The number of hydrogen-bond donors (Lipinski definition) is 1. The van der Waals surface area contributed by atoms with Gasteiger partial charge in [0.1, 0.15) is 11.6 Å². The van der Waals surface area contributed by atoms with Crippen LogP contribution >= 0.6 is 11.8 Å². The van der Waals surface area contributed by atoms with Crippen molar-refractivity contribution in [2.75, 3.05) is 7.11 Å². The standard InChI is InChI=1S/C16H18FNOS/c1-11(18)12-4-7-15(8-5-12)20-10-13-3-6-14(19-2)9-16(13)17/h3-9,11H,10,18H2,1-2H3. The van der Waals surface area contributed by atoms with Crippen molar-refractivity contribution in [3.8, 4) is 5.75 Å². The fourth-order valence-corrected chi connectivity index (χ4v) is 2.69. The third-order valence-corrected chi connectivity index (χ3v) is 4.12. The van der Waals surface area contributed by atoms with Crippen LogP contribution < -0.4 is 10.5 Å². The Morgan fingerprint density at radius 2 is 1.90 bits per heavy atom. The highest BCUT2D eigenvalue weighted by molar-refractivity contribution is 7.98. The number of hydrogen-bond acceptors (Lipinski definition) is 3. The van der Waals surface area contributed by atoms with Gasteiger partial charge in [-0.05, 0) is 36.2 Å². The molecule has 0 aliphatic heterocycles. The molecule has 0 bridgehead atoms. The molecule has 2 aromatic carbocycles. The van der Waals surface area contributed by atoms with Gasteiger partial charge in [-0.3, -0.25) is 0 Å². The molecule has 2 N–H and O–H groups in total. The van der Waals surface area contributed by atoms with E-state index in [1.165, 1.54) is 13.2 Å². The zero-order chi connectivity index (χ0) is 14.5. The minimum Gasteiger partial charge on any atom is -0.497 e. The molecular weight excluding hydrogens is 273 g/mol. The fourth-order valence-electron chi connectivity index (χ4n) is 1.80. The molecule has 2 rings (SSSR count). The minimum atomic E-state index is -0.232. The van der Waals surface area contributed by atoms with E-state index in [0.717, 1.165) is 10.5 Å². The molecule has 0 heterocycles. The van der Waals surface area contributed by atoms with Crippen molar-refractivity contribution in [3.05, 3.63) is 59.4 Å². The molecule has 20 heavy (non-hydrogen) atoms. The summed E-state index contributed by atoms with van der Waals surface area (Å²) in [7, 11) is 1.53. The zero-order valence-electron chi connectivity index (χ0n) is 11.6. The van der Waals surface area contributed by atoms with E-state index >= 15 is 0 Å². The molecule has 4 heteroatoms. The van der Waals surface area contributed by atoms with E-state index in [4.69, 9.17) is 10.5 Å². The quantitative estimate of drug-likeness (QED) is 0.841. The van der Waals surface area contributed by atoms with Crippen molar-refractivity contribution in [2.45, 2.75) is 23.6 Å². The lowest BCUT2D eigenvalue weighted by Crippen LogP contribution is -2.04. The number of methoxy groups -OCH3 is 1. The third kappa shape index (κ3) is 3.74. The van der Waals surface area contributed by atoms with Crippen LogP contribution in [0.15, 0.2) is 47.4 Å². The van der Waals surface area contributed by atoms with Crippen LogP contribution in [0.3, 0.4) is 0 Å². The molecule has 1 unspecified atom stereocenters. The predicted molar refractivity (Wildman–Crippen MR) is 81.6 cm³/mol. The number of rotatable bonds is 5. The van der Waals surface area contributed by atoms with E-state index in [2.05, 4.69) is 0 Å². The second kappa shape index (κ2) is 6.77. The van der Waals surface area contributed by atoms with E-state index in [1.807, 2.05) is 31.2 Å². The van der Waals surface area contributed by atoms with Crippen molar-refractivity contribution in [1.29, 1.82) is 0 Å². The molecular formula is C16H18FNOS. The summed E-state index contributed by atoms with van der Waals surface area (Å²) in [4.78, 5) is 1.10. The van der Waals surface area contributed by atoms with Crippen LogP contribution in [0.25, 0.3) is 0 Å². The number of thioether (sulfide) groups is 1. The molecule has 0 saturated carbocycles. The molecule has 0 aromatic heterocycles. The summed E-state index contributed by atoms with van der Waals surface area (Å²) in [6.07, 6.45) is 0. The molecule has 106 valence electrons. The van der Waals surface area contributed by atoms with Crippen LogP contribution in [0.2, 0.25) is 0 Å². The van der Waals surface area contributed by atoms with Crippen LogP contribution in [0.5, 0.6) is 5.75 Å². The lowest BCUT2D eigenvalue weighted by molar-refractivity contribution is 0.411. The van der Waals surface area contributed by atoms with Crippen molar-refractivity contribution >= 4 is 11.8 Å². The van der Waals surface area contributed by atoms with Gasteiger partial charge < -0.3 is 10.5 Å². The summed E-state index contributed by atoms with van der Waals surface area (Å²) in [5.41, 5.74) is 7.58. The van der Waals surface area contributed by atoms with Gasteiger partial charge in [-0.25, -0.2) is 4.39 Å². The zero-order valence-corrected chi connectivity index (χ0v) is 12.4. The van der Waals surface area contributed by atoms with E-state index < -0.39 is 0 Å². The average molecular weight is 291 g/mol. The third-order valence-electron chi connectivity index (χ3n) is 3.06. The topological polar surface area (TPSA) is 35.2 Å². The first-order valence-corrected chi connectivity index (χ1v) is 7.39. The highest BCUT2D eigenvalue weighted by atomic mass is 32.2. The van der Waals surface area contributed by atoms with Gasteiger partial charge in [-0.1, -0.05) is 18.2 Å². The van der Waals surface area contributed by atoms with Crippen molar-refractivity contribution in [1.82, 2.24) is 0 Å². The van der Waals surface area contributed by atoms with Gasteiger partial charge in [0.05, 0.1) is 7.11 Å². The highest BCUT2D eigenvalue weighted by Gasteiger charge is 2.05. The Hall–Kier alpha value is -1.52. The van der Waals surface area contributed by atoms with E-state index in [-0.39, 0.29) is 11.9 Å². The Labute approximate surface area is 123 Å². The van der Waals surface area contributed by atoms with Crippen LogP contribution in [0.4, 0.5) is 4.39 Å². The first-order chi connectivity index (χ1) is 9.60. The summed E-state index contributed by atoms with van der Waals surface area (Å²) in [6, 6.07) is 13.0. The monoisotopic (exact) mass is 291 g/mol. The van der Waals surface area contributed by atoms with Crippen LogP contribution in [0, 0.1) is 5.82 Å². The molecule has 1 atom stereocenters. The molecule has 0 aliphatic rings. The molecule has 0 radical (unpaired) electrons. The number of ether oxygens (including phenoxy) is 1. The smallest absolute Gasteiger partial charge is 0.130 e. The maximum absolute atomic E-state index is 13.8. The summed E-state index contributed by atoms with van der Waals surface area (Å²) >= 11 is 1.60. The highest BCUT2D eigenvalue weighted by Crippen LogP contribution is 2.26. The molecule has 0 saturated heterocycles. The molecule has 0 fully saturated rings. The Kier molecular flexibility index (Phi) is 5.04. The van der Waals surface area contributed by atoms with Crippen LogP contribution in [-0.4, -0.2) is 7.11 Å². The molecule has 0 aliphatic carbocycles. The van der Waals surface area contributed by atoms with E-state index in [9.17, 15) is 4.39 Å². The Balaban J connectivity index is 2.01. The SMILES string of the molecule is COc1ccc(CSc2ccc(C(C)N)cc2)c(F)c1. The van der Waals surface area contributed by atoms with Gasteiger partial charge in [-0.15, -0.1) is 11.8 Å². The van der Waals surface area contributed by atoms with Gasteiger partial charge in [0, 0.05) is 22.8 Å². The van der Waals surface area contributed by atoms with Gasteiger partial charge >= 0.3 is 0 Å². The normalized spacial score (nSPS) is 12.2. The number of nitrogens with two attached hydrogens (primary N) is 1. The van der Waals surface area contributed by atoms with Gasteiger partial charge in [0.15, 0.2) is 0 Å². The number of halogens is 1. The Morgan fingerprint density at radius 1 is 1.20 bits per heavy atom. The van der Waals surface area contributed by atoms with E-state index in [0.29, 0.717) is 17.1 Å². The number of benzene rings is 2. The maximum atomic E-state index is 13.8. The summed E-state index contributed by atoms with van der Waals surface area (Å²) in [5, 5.41) is 0. The lowest BCUT2D eigenvalue weighted by Gasteiger charge is -2.08. The molecule has 2 aromatic rings. The first-order valence-electron chi connectivity index (χ1n) is 6.41. The molecule has 2 nitrogen and oxygen atoms in total. The predicted octanol–water partition coefficient (Wildman–Crippen LogP) is 4.15. The Morgan fingerprint density at radius 3 is 2.45 bits per heavy atom. The van der Waals surface area contributed by atoms with Gasteiger partial charge in [0.25, 0.3) is 0 Å². The summed E-state index contributed by atoms with van der Waals surface area (Å²) < 4.78 is 18.8. The van der Waals surface area contributed by atoms with E-state index in [1.54, 1.807) is 23.9 Å². The van der Waals surface area contributed by atoms with Gasteiger partial charge in [-0.2, -0.15) is 0 Å². The fraction of sp³-hybridized carbons (Fsp3) is 0.250. The summed E-state index contributed by atoms with van der Waals surface area (Å²) in [5.74, 6) is 0.898. The second-order valence-electron chi connectivity index (χ2n) is 4.60. The minimum absolute atomic E-state index is 0.0353. The first kappa shape index (κ1) is 14.9. The lowest BCUT2D eigenvalue weighted by atomic mass is 10.1. The average Bonchev–Trinajstić information content (AvgIpc) is 2.46. The summed E-state index contributed by atoms with van der Waals surface area (Å²) in [6.45, 7) is 1.95.